The minimum Gasteiger partial charge on any atom is -0.384 e. The number of nitrogens with two attached hydrogens (primary N) is 1. The van der Waals surface area contributed by atoms with Crippen LogP contribution in [0, 0.1) is 17.5 Å². The smallest absolute Gasteiger partial charge is 0.264 e. The molecule has 0 fully saturated rings. The third-order valence-electron chi connectivity index (χ3n) is 4.47. The molecule has 0 spiro atoms. The van der Waals surface area contributed by atoms with E-state index in [1.165, 1.54) is 12.1 Å². The van der Waals surface area contributed by atoms with E-state index in [0.717, 1.165) is 42.7 Å². The number of nitrogens with zero attached hydrogens (tertiary/aromatic N) is 1. The lowest BCUT2D eigenvalue weighted by Gasteiger charge is -2.15. The van der Waals surface area contributed by atoms with Gasteiger partial charge in [-0.05, 0) is 54.4 Å². The molecule has 0 saturated heterocycles. The van der Waals surface area contributed by atoms with Crippen molar-refractivity contribution in [2.45, 2.75) is 6.42 Å². The van der Waals surface area contributed by atoms with Crippen molar-refractivity contribution in [2.75, 3.05) is 18.6 Å². The molecular weight excluding hydrogens is 449 g/mol. The molecule has 3 aromatic rings. The minimum absolute atomic E-state index is 0.0606. The average molecular weight is 466 g/mol. The van der Waals surface area contributed by atoms with Crippen molar-refractivity contribution >= 4 is 21.7 Å². The number of aromatic nitrogens is 1. The Bertz CT molecular complexity index is 1330. The van der Waals surface area contributed by atoms with E-state index in [1.54, 1.807) is 0 Å². The molecule has 0 aliphatic rings. The van der Waals surface area contributed by atoms with E-state index < -0.39 is 50.4 Å². The maximum Gasteiger partial charge on any atom is 0.264 e. The first kappa shape index (κ1) is 23.2. The summed E-state index contributed by atoms with van der Waals surface area (Å²) in [5.41, 5.74) is 4.19. The largest absolute Gasteiger partial charge is 0.384 e. The van der Waals surface area contributed by atoms with Crippen LogP contribution in [-0.4, -0.2) is 31.6 Å². The second kappa shape index (κ2) is 8.97. The van der Waals surface area contributed by atoms with E-state index in [-0.39, 0.29) is 29.7 Å². The monoisotopic (exact) mass is 466 g/mol. The molecule has 0 atom stereocenters. The predicted octanol–water partition coefficient (Wildman–Crippen LogP) is 2.59. The lowest BCUT2D eigenvalue weighted by Crippen LogP contribution is -2.25. The highest BCUT2D eigenvalue weighted by Gasteiger charge is 2.21. The summed E-state index contributed by atoms with van der Waals surface area (Å²) in [6.07, 6.45) is 0.724. The molecule has 0 unspecified atom stereocenters. The summed E-state index contributed by atoms with van der Waals surface area (Å²) < 4.78 is 69.8. The Kier molecular flexibility index (Phi) is 6.51. The maximum atomic E-state index is 14.8. The fourth-order valence-electron chi connectivity index (χ4n) is 3.02. The number of pyridine rings is 1. The van der Waals surface area contributed by atoms with Gasteiger partial charge in [0.2, 0.25) is 0 Å². The molecule has 0 bridgehead atoms. The van der Waals surface area contributed by atoms with Gasteiger partial charge in [0.05, 0.1) is 18.4 Å². The Labute approximate surface area is 181 Å². The summed E-state index contributed by atoms with van der Waals surface area (Å²) in [5, 5.41) is 0. The predicted molar refractivity (Wildman–Crippen MR) is 111 cm³/mol. The number of ketones is 1. The number of anilines is 1. The summed E-state index contributed by atoms with van der Waals surface area (Å²) in [7, 11) is -3.72. The van der Waals surface area contributed by atoms with Crippen LogP contribution in [0.2, 0.25) is 0 Å². The molecule has 1 aromatic heterocycles. The van der Waals surface area contributed by atoms with Gasteiger partial charge in [-0.1, -0.05) is 0 Å². The van der Waals surface area contributed by atoms with Gasteiger partial charge in [0.15, 0.2) is 17.4 Å². The van der Waals surface area contributed by atoms with E-state index >= 15 is 0 Å². The number of carbonyl (C=O) groups excluding carboxylic acids is 1. The number of hydrogen-bond donors (Lipinski definition) is 1. The summed E-state index contributed by atoms with van der Waals surface area (Å²) in [6, 6.07) is 8.40. The van der Waals surface area contributed by atoms with Gasteiger partial charge in [0.1, 0.15) is 17.3 Å². The molecule has 7 nitrogen and oxygen atoms in total. The van der Waals surface area contributed by atoms with E-state index in [2.05, 4.69) is 4.18 Å². The summed E-state index contributed by atoms with van der Waals surface area (Å²) in [6.45, 7) is -0.333. The molecule has 0 saturated carbocycles. The summed E-state index contributed by atoms with van der Waals surface area (Å²) >= 11 is 0. The Morgan fingerprint density at radius 3 is 2.19 bits per heavy atom. The Morgan fingerprint density at radius 1 is 1.03 bits per heavy atom. The molecule has 0 aliphatic carbocycles. The summed E-state index contributed by atoms with van der Waals surface area (Å²) in [5.74, 6) is -4.05. The van der Waals surface area contributed by atoms with E-state index in [9.17, 15) is 31.2 Å². The zero-order valence-corrected chi connectivity index (χ0v) is 17.5. The first-order valence-corrected chi connectivity index (χ1v) is 10.9. The SMILES string of the molecule is CS(=O)(=O)OCCc1cc(F)c(-n2c(N)c(C(=O)c3ccc(F)cc3)ccc2=O)c(F)c1. The van der Waals surface area contributed by atoms with Gasteiger partial charge in [0, 0.05) is 11.6 Å². The van der Waals surface area contributed by atoms with Gasteiger partial charge >= 0.3 is 0 Å². The second-order valence-electron chi connectivity index (χ2n) is 6.83. The molecule has 3 rings (SSSR count). The van der Waals surface area contributed by atoms with Crippen LogP contribution in [0.4, 0.5) is 19.0 Å². The molecule has 168 valence electrons. The van der Waals surface area contributed by atoms with Crippen LogP contribution in [0.5, 0.6) is 0 Å². The lowest BCUT2D eigenvalue weighted by atomic mass is 10.0. The minimum atomic E-state index is -3.72. The fourth-order valence-corrected chi connectivity index (χ4v) is 3.41. The molecule has 32 heavy (non-hydrogen) atoms. The van der Waals surface area contributed by atoms with Gasteiger partial charge in [-0.25, -0.2) is 13.2 Å². The number of rotatable bonds is 7. The molecule has 1 heterocycles. The van der Waals surface area contributed by atoms with Gasteiger partial charge in [-0.3, -0.25) is 18.3 Å². The Hall–Kier alpha value is -3.44. The highest BCUT2D eigenvalue weighted by atomic mass is 32.2. The van der Waals surface area contributed by atoms with Crippen molar-refractivity contribution in [2.24, 2.45) is 0 Å². The Balaban J connectivity index is 2.02. The van der Waals surface area contributed by atoms with E-state index in [1.807, 2.05) is 0 Å². The lowest BCUT2D eigenvalue weighted by molar-refractivity contribution is 0.103. The van der Waals surface area contributed by atoms with Gasteiger partial charge in [-0.15, -0.1) is 0 Å². The highest BCUT2D eigenvalue weighted by Crippen LogP contribution is 2.24. The number of benzene rings is 2. The zero-order chi connectivity index (χ0) is 23.6. The first-order valence-electron chi connectivity index (χ1n) is 9.12. The second-order valence-corrected chi connectivity index (χ2v) is 8.47. The molecule has 0 amide bonds. The average Bonchev–Trinajstić information content (AvgIpc) is 2.69. The van der Waals surface area contributed by atoms with Crippen molar-refractivity contribution in [3.8, 4) is 5.69 Å². The molecular formula is C21H17F3N2O5S. The van der Waals surface area contributed by atoms with Crippen LogP contribution >= 0.6 is 0 Å². The molecule has 2 aromatic carbocycles. The number of halogens is 3. The van der Waals surface area contributed by atoms with Crippen LogP contribution in [0.25, 0.3) is 5.69 Å². The van der Waals surface area contributed by atoms with Crippen molar-refractivity contribution in [1.82, 2.24) is 4.57 Å². The van der Waals surface area contributed by atoms with Crippen molar-refractivity contribution < 1.29 is 30.6 Å². The van der Waals surface area contributed by atoms with Crippen molar-refractivity contribution in [1.29, 1.82) is 0 Å². The third-order valence-corrected chi connectivity index (χ3v) is 5.06. The maximum absolute atomic E-state index is 14.8. The van der Waals surface area contributed by atoms with E-state index in [4.69, 9.17) is 5.73 Å². The normalized spacial score (nSPS) is 11.5. The number of carbonyl (C=O) groups is 1. The quantitative estimate of drug-likeness (QED) is 0.424. The van der Waals surface area contributed by atoms with Crippen LogP contribution in [0.1, 0.15) is 21.5 Å². The van der Waals surface area contributed by atoms with Gasteiger partial charge < -0.3 is 5.73 Å². The standard InChI is InChI=1S/C21H17F3N2O5S/c1-32(29,30)31-9-8-12-10-16(23)19(17(24)11-12)26-18(27)7-6-15(21(26)25)20(28)13-2-4-14(22)5-3-13/h2-7,10-11H,8-9,25H2,1H3. The molecule has 0 aliphatic heterocycles. The topological polar surface area (TPSA) is 108 Å². The fraction of sp³-hybridized carbons (Fsp3) is 0.143. The molecule has 0 radical (unpaired) electrons. The Morgan fingerprint density at radius 2 is 1.62 bits per heavy atom. The highest BCUT2D eigenvalue weighted by molar-refractivity contribution is 7.85. The van der Waals surface area contributed by atoms with E-state index in [0.29, 0.717) is 4.57 Å². The number of hydrogen-bond acceptors (Lipinski definition) is 6. The summed E-state index contributed by atoms with van der Waals surface area (Å²) in [4.78, 5) is 25.1. The molecule has 2 N–H and O–H groups in total. The van der Waals surface area contributed by atoms with Crippen LogP contribution in [-0.2, 0) is 20.7 Å². The van der Waals surface area contributed by atoms with Crippen LogP contribution < -0.4 is 11.3 Å². The third kappa shape index (κ3) is 5.06. The van der Waals surface area contributed by atoms with Crippen LogP contribution in [0.3, 0.4) is 0 Å². The first-order chi connectivity index (χ1) is 15.0. The van der Waals surface area contributed by atoms with Crippen LogP contribution in [0.15, 0.2) is 53.3 Å². The van der Waals surface area contributed by atoms with Gasteiger partial charge in [0.25, 0.3) is 15.7 Å². The van der Waals surface area contributed by atoms with Gasteiger partial charge in [-0.2, -0.15) is 8.42 Å². The zero-order valence-electron chi connectivity index (χ0n) is 16.6. The van der Waals surface area contributed by atoms with Crippen molar-refractivity contribution in [3.63, 3.8) is 0 Å². The number of nitrogen functional groups attached to an aromatic ring is 1. The van der Waals surface area contributed by atoms with Crippen molar-refractivity contribution in [3.05, 3.63) is 93.0 Å². The molecule has 11 heteroatoms.